The summed E-state index contributed by atoms with van der Waals surface area (Å²) < 4.78 is 0. The van der Waals surface area contributed by atoms with Crippen LogP contribution in [0, 0.1) is 0 Å². The predicted octanol–water partition coefficient (Wildman–Crippen LogP) is 3.06. The van der Waals surface area contributed by atoms with Gasteiger partial charge in [0, 0.05) is 6.04 Å². The van der Waals surface area contributed by atoms with Crippen LogP contribution in [0.25, 0.3) is 0 Å². The van der Waals surface area contributed by atoms with Gasteiger partial charge in [-0.05, 0) is 37.8 Å². The largest absolute Gasteiger partial charge is 0.465 e. The fourth-order valence-corrected chi connectivity index (χ4v) is 2.54. The third-order valence-electron chi connectivity index (χ3n) is 3.21. The van der Waals surface area contributed by atoms with Crippen LogP contribution in [0.2, 0.25) is 0 Å². The molecule has 1 N–H and O–H groups in total. The van der Waals surface area contributed by atoms with Gasteiger partial charge in [-0.25, -0.2) is 4.79 Å². The molecule has 16 heavy (non-hydrogen) atoms. The molecule has 0 saturated carbocycles. The molecule has 3 heteroatoms. The van der Waals surface area contributed by atoms with Crippen molar-refractivity contribution in [2.75, 3.05) is 0 Å². The Bertz CT molecular complexity index is 401. The fourth-order valence-electron chi connectivity index (χ4n) is 2.54. The minimum atomic E-state index is -0.822. The van der Waals surface area contributed by atoms with Crippen molar-refractivity contribution in [3.63, 3.8) is 0 Å². The van der Waals surface area contributed by atoms with Crippen LogP contribution in [0.3, 0.4) is 0 Å². The van der Waals surface area contributed by atoms with Gasteiger partial charge in [0.2, 0.25) is 0 Å². The van der Waals surface area contributed by atoms with E-state index in [1.807, 2.05) is 32.0 Å². The van der Waals surface area contributed by atoms with E-state index in [0.717, 1.165) is 12.8 Å². The number of benzene rings is 1. The lowest BCUT2D eigenvalue weighted by Crippen LogP contribution is -2.38. The molecular formula is C13H17NO2. The van der Waals surface area contributed by atoms with Crippen molar-refractivity contribution in [1.29, 1.82) is 0 Å². The fraction of sp³-hybridized carbons (Fsp3) is 0.462. The van der Waals surface area contributed by atoms with Crippen molar-refractivity contribution >= 4 is 6.09 Å². The van der Waals surface area contributed by atoms with Crippen molar-refractivity contribution in [2.45, 2.75) is 38.8 Å². The quantitative estimate of drug-likeness (QED) is 0.830. The second kappa shape index (κ2) is 4.16. The molecule has 0 radical (unpaired) electrons. The highest BCUT2D eigenvalue weighted by Crippen LogP contribution is 2.36. The number of carboxylic acid groups (broad SMARTS) is 1. The second-order valence-corrected chi connectivity index (χ2v) is 4.54. The topological polar surface area (TPSA) is 40.5 Å². The van der Waals surface area contributed by atoms with Crippen LogP contribution in [0.1, 0.15) is 37.4 Å². The summed E-state index contributed by atoms with van der Waals surface area (Å²) in [6.45, 7) is 3.85. The van der Waals surface area contributed by atoms with Crippen molar-refractivity contribution < 1.29 is 9.90 Å². The monoisotopic (exact) mass is 219 g/mol. The number of rotatable bonds is 2. The highest BCUT2D eigenvalue weighted by atomic mass is 16.4. The van der Waals surface area contributed by atoms with Crippen LogP contribution in [0.5, 0.6) is 0 Å². The van der Waals surface area contributed by atoms with E-state index >= 15 is 0 Å². The van der Waals surface area contributed by atoms with Gasteiger partial charge < -0.3 is 5.11 Å². The number of nitrogens with zero attached hydrogens (tertiary/aromatic N) is 1. The van der Waals surface area contributed by atoms with Gasteiger partial charge in [0.15, 0.2) is 0 Å². The van der Waals surface area contributed by atoms with Gasteiger partial charge in [0.1, 0.15) is 0 Å². The van der Waals surface area contributed by atoms with E-state index in [2.05, 4.69) is 6.07 Å². The molecule has 0 aliphatic heterocycles. The average Bonchev–Trinajstić information content (AvgIpc) is 2.61. The minimum Gasteiger partial charge on any atom is -0.465 e. The lowest BCUT2D eigenvalue weighted by Gasteiger charge is -2.30. The highest BCUT2D eigenvalue weighted by molar-refractivity contribution is 5.66. The number of fused-ring (bicyclic) bond motifs is 1. The number of hydrogen-bond acceptors (Lipinski definition) is 1. The summed E-state index contributed by atoms with van der Waals surface area (Å²) in [7, 11) is 0. The summed E-state index contributed by atoms with van der Waals surface area (Å²) in [6.07, 6.45) is 1.07. The van der Waals surface area contributed by atoms with Crippen molar-refractivity contribution in [3.05, 3.63) is 35.4 Å². The number of hydrogen-bond donors (Lipinski definition) is 1. The molecular weight excluding hydrogens is 202 g/mol. The third-order valence-corrected chi connectivity index (χ3v) is 3.21. The summed E-state index contributed by atoms with van der Waals surface area (Å²) in [5.41, 5.74) is 2.47. The summed E-state index contributed by atoms with van der Waals surface area (Å²) >= 11 is 0. The maximum Gasteiger partial charge on any atom is 0.408 e. The SMILES string of the molecule is CC(C)N(C(=O)O)C1CCc2ccccc21. The Morgan fingerprint density at radius 2 is 2.12 bits per heavy atom. The normalized spacial score (nSPS) is 18.6. The first kappa shape index (κ1) is 11.0. The molecule has 1 aliphatic rings. The number of aryl methyl sites for hydroxylation is 1. The van der Waals surface area contributed by atoms with E-state index in [0.29, 0.717) is 0 Å². The first-order valence-electron chi connectivity index (χ1n) is 5.70. The van der Waals surface area contributed by atoms with Crippen molar-refractivity contribution in [3.8, 4) is 0 Å². The van der Waals surface area contributed by atoms with Crippen molar-refractivity contribution in [1.82, 2.24) is 4.90 Å². The van der Waals surface area contributed by atoms with Crippen molar-refractivity contribution in [2.24, 2.45) is 0 Å². The molecule has 86 valence electrons. The zero-order chi connectivity index (χ0) is 11.7. The number of amides is 1. The van der Waals surface area contributed by atoms with Crippen LogP contribution < -0.4 is 0 Å². The molecule has 0 aromatic heterocycles. The molecule has 2 rings (SSSR count). The van der Waals surface area contributed by atoms with Crippen LogP contribution >= 0.6 is 0 Å². The van der Waals surface area contributed by atoms with Gasteiger partial charge >= 0.3 is 6.09 Å². The first-order valence-corrected chi connectivity index (χ1v) is 5.70. The van der Waals surface area contributed by atoms with Gasteiger partial charge in [-0.15, -0.1) is 0 Å². The molecule has 0 spiro atoms. The maximum absolute atomic E-state index is 11.3. The summed E-state index contributed by atoms with van der Waals surface area (Å²) in [4.78, 5) is 12.8. The highest BCUT2D eigenvalue weighted by Gasteiger charge is 2.32. The first-order chi connectivity index (χ1) is 7.61. The maximum atomic E-state index is 11.3. The Labute approximate surface area is 95.7 Å². The summed E-state index contributed by atoms with van der Waals surface area (Å²) in [5.74, 6) is 0. The van der Waals surface area contributed by atoms with E-state index in [1.54, 1.807) is 4.90 Å². The van der Waals surface area contributed by atoms with Gasteiger partial charge in [-0.3, -0.25) is 4.90 Å². The third kappa shape index (κ3) is 1.77. The van der Waals surface area contributed by atoms with Crippen LogP contribution in [0.4, 0.5) is 4.79 Å². The average molecular weight is 219 g/mol. The molecule has 0 saturated heterocycles. The summed E-state index contributed by atoms with van der Waals surface area (Å²) in [5, 5.41) is 9.26. The van der Waals surface area contributed by atoms with E-state index in [9.17, 15) is 9.90 Å². The number of carbonyl (C=O) groups is 1. The molecule has 0 bridgehead atoms. The molecule has 1 amide bonds. The lowest BCUT2D eigenvalue weighted by molar-refractivity contribution is 0.107. The zero-order valence-electron chi connectivity index (χ0n) is 9.68. The Morgan fingerprint density at radius 1 is 1.44 bits per heavy atom. The Morgan fingerprint density at radius 3 is 2.75 bits per heavy atom. The lowest BCUT2D eigenvalue weighted by atomic mass is 10.1. The smallest absolute Gasteiger partial charge is 0.408 e. The van der Waals surface area contributed by atoms with E-state index < -0.39 is 6.09 Å². The van der Waals surface area contributed by atoms with Crippen LogP contribution in [-0.4, -0.2) is 22.1 Å². The zero-order valence-corrected chi connectivity index (χ0v) is 9.68. The van der Waals surface area contributed by atoms with E-state index in [-0.39, 0.29) is 12.1 Å². The second-order valence-electron chi connectivity index (χ2n) is 4.54. The predicted molar refractivity (Wildman–Crippen MR) is 62.5 cm³/mol. The Hall–Kier alpha value is -1.51. The van der Waals surface area contributed by atoms with Crippen LogP contribution in [0.15, 0.2) is 24.3 Å². The molecule has 1 aromatic carbocycles. The molecule has 0 fully saturated rings. The molecule has 3 nitrogen and oxygen atoms in total. The Kier molecular flexibility index (Phi) is 2.86. The molecule has 0 heterocycles. The Balaban J connectivity index is 2.33. The van der Waals surface area contributed by atoms with Gasteiger partial charge in [-0.1, -0.05) is 24.3 Å². The van der Waals surface area contributed by atoms with Gasteiger partial charge in [-0.2, -0.15) is 0 Å². The van der Waals surface area contributed by atoms with Gasteiger partial charge in [0.25, 0.3) is 0 Å². The van der Waals surface area contributed by atoms with E-state index in [4.69, 9.17) is 0 Å². The van der Waals surface area contributed by atoms with Crippen LogP contribution in [-0.2, 0) is 6.42 Å². The molecule has 1 aromatic rings. The van der Waals surface area contributed by atoms with E-state index in [1.165, 1.54) is 11.1 Å². The standard InChI is InChI=1S/C13H17NO2/c1-9(2)14(13(15)16)12-8-7-10-5-3-4-6-11(10)12/h3-6,9,12H,7-8H2,1-2H3,(H,15,16). The molecule has 1 unspecified atom stereocenters. The molecule has 1 atom stereocenters. The minimum absolute atomic E-state index is 0.0219. The van der Waals surface area contributed by atoms with Gasteiger partial charge in [0.05, 0.1) is 6.04 Å². The summed E-state index contributed by atoms with van der Waals surface area (Å²) in [6, 6.07) is 8.20. The molecule has 1 aliphatic carbocycles.